The van der Waals surface area contributed by atoms with Crippen LogP contribution in [0.15, 0.2) is 48.5 Å². The summed E-state index contributed by atoms with van der Waals surface area (Å²) in [5.41, 5.74) is 1.30. The predicted molar refractivity (Wildman–Crippen MR) is 99.3 cm³/mol. The number of nitrogens with zero attached hydrogens (tertiary/aromatic N) is 4. The van der Waals surface area contributed by atoms with Crippen LogP contribution in [0.5, 0.6) is 0 Å². The van der Waals surface area contributed by atoms with Crippen molar-refractivity contribution in [2.75, 3.05) is 37.6 Å². The van der Waals surface area contributed by atoms with Crippen molar-refractivity contribution < 1.29 is 4.39 Å². The summed E-state index contributed by atoms with van der Waals surface area (Å²) < 4.78 is 14.2. The van der Waals surface area contributed by atoms with Crippen LogP contribution >= 0.6 is 0 Å². The third kappa shape index (κ3) is 3.07. The van der Waals surface area contributed by atoms with Crippen LogP contribution in [-0.4, -0.2) is 47.6 Å². The topological polar surface area (TPSA) is 32.3 Å². The lowest BCUT2D eigenvalue weighted by molar-refractivity contribution is 0.271. The maximum absolute atomic E-state index is 14.2. The zero-order valence-corrected chi connectivity index (χ0v) is 14.3. The molecule has 25 heavy (non-hydrogen) atoms. The molecule has 1 fully saturated rings. The van der Waals surface area contributed by atoms with Crippen molar-refractivity contribution in [3.05, 3.63) is 54.3 Å². The molecular formula is C20H21FN4. The molecule has 128 valence electrons. The summed E-state index contributed by atoms with van der Waals surface area (Å²) in [6, 6.07) is 14.7. The maximum Gasteiger partial charge on any atom is 0.165 e. The van der Waals surface area contributed by atoms with Crippen molar-refractivity contribution in [2.45, 2.75) is 6.92 Å². The number of para-hydroxylation sites is 1. The van der Waals surface area contributed by atoms with Crippen molar-refractivity contribution in [1.29, 1.82) is 0 Å². The van der Waals surface area contributed by atoms with E-state index < -0.39 is 0 Å². The van der Waals surface area contributed by atoms with Crippen molar-refractivity contribution in [3.8, 4) is 11.4 Å². The first-order valence-electron chi connectivity index (χ1n) is 8.75. The molecule has 0 spiro atoms. The van der Waals surface area contributed by atoms with Crippen molar-refractivity contribution in [3.63, 3.8) is 0 Å². The van der Waals surface area contributed by atoms with Crippen LogP contribution in [-0.2, 0) is 0 Å². The number of hydrogen-bond acceptors (Lipinski definition) is 4. The van der Waals surface area contributed by atoms with Crippen LogP contribution in [0.1, 0.15) is 6.92 Å². The molecule has 0 saturated carbocycles. The molecule has 0 radical (unpaired) electrons. The molecule has 0 aliphatic carbocycles. The second-order valence-corrected chi connectivity index (χ2v) is 6.29. The van der Waals surface area contributed by atoms with E-state index >= 15 is 0 Å². The normalized spacial score (nSPS) is 15.7. The van der Waals surface area contributed by atoms with Gasteiger partial charge in [0.15, 0.2) is 5.82 Å². The van der Waals surface area contributed by atoms with Gasteiger partial charge in [-0.3, -0.25) is 0 Å². The quantitative estimate of drug-likeness (QED) is 0.732. The monoisotopic (exact) mass is 336 g/mol. The molecule has 1 aliphatic heterocycles. The molecule has 1 saturated heterocycles. The number of rotatable bonds is 3. The van der Waals surface area contributed by atoms with Crippen LogP contribution in [0.4, 0.5) is 10.2 Å². The van der Waals surface area contributed by atoms with E-state index in [0.717, 1.165) is 49.4 Å². The molecule has 1 aliphatic rings. The minimum atomic E-state index is -0.292. The number of fused-ring (bicyclic) bond motifs is 1. The Labute approximate surface area is 146 Å². The van der Waals surface area contributed by atoms with E-state index in [1.54, 1.807) is 12.1 Å². The van der Waals surface area contributed by atoms with E-state index in [9.17, 15) is 4.39 Å². The van der Waals surface area contributed by atoms with Gasteiger partial charge in [-0.05, 0) is 30.8 Å². The second-order valence-electron chi connectivity index (χ2n) is 6.29. The summed E-state index contributed by atoms with van der Waals surface area (Å²) in [5.74, 6) is 1.06. The second kappa shape index (κ2) is 6.76. The highest BCUT2D eigenvalue weighted by Crippen LogP contribution is 2.29. The number of likely N-dealkylation sites (N-methyl/N-ethyl adjacent to an activating group) is 1. The molecule has 5 heteroatoms. The molecule has 1 aromatic heterocycles. The van der Waals surface area contributed by atoms with E-state index in [0.29, 0.717) is 11.4 Å². The van der Waals surface area contributed by atoms with Crippen LogP contribution in [0, 0.1) is 5.82 Å². The average Bonchev–Trinajstić information content (AvgIpc) is 2.67. The minimum Gasteiger partial charge on any atom is -0.353 e. The standard InChI is InChI=1S/C20H21FN4/c1-2-24-11-13-25(14-12-24)20-16-8-4-6-10-18(16)22-19(23-20)15-7-3-5-9-17(15)21/h3-10H,2,11-14H2,1H3. The summed E-state index contributed by atoms with van der Waals surface area (Å²) in [7, 11) is 0. The van der Waals surface area contributed by atoms with Gasteiger partial charge in [0.2, 0.25) is 0 Å². The third-order valence-corrected chi connectivity index (χ3v) is 4.82. The van der Waals surface area contributed by atoms with E-state index in [4.69, 9.17) is 4.98 Å². The van der Waals surface area contributed by atoms with Gasteiger partial charge in [-0.15, -0.1) is 0 Å². The lowest BCUT2D eigenvalue weighted by Crippen LogP contribution is -2.46. The number of piperazine rings is 1. The molecule has 3 aromatic rings. The SMILES string of the molecule is CCN1CCN(c2nc(-c3ccccc3F)nc3ccccc23)CC1. The molecule has 0 amide bonds. The summed E-state index contributed by atoms with van der Waals surface area (Å²) in [4.78, 5) is 14.1. The van der Waals surface area contributed by atoms with Crippen LogP contribution in [0.25, 0.3) is 22.3 Å². The average molecular weight is 336 g/mol. The molecule has 4 rings (SSSR count). The Morgan fingerprint density at radius 2 is 1.64 bits per heavy atom. The van der Waals surface area contributed by atoms with E-state index in [1.165, 1.54) is 6.07 Å². The number of anilines is 1. The van der Waals surface area contributed by atoms with E-state index in [-0.39, 0.29) is 5.82 Å². The van der Waals surface area contributed by atoms with Gasteiger partial charge in [0.25, 0.3) is 0 Å². The molecule has 0 atom stereocenters. The fourth-order valence-electron chi connectivity index (χ4n) is 3.34. The largest absolute Gasteiger partial charge is 0.353 e. The Morgan fingerprint density at radius 1 is 0.920 bits per heavy atom. The van der Waals surface area contributed by atoms with Gasteiger partial charge < -0.3 is 9.80 Å². The summed E-state index contributed by atoms with van der Waals surface area (Å²) >= 11 is 0. The van der Waals surface area contributed by atoms with Gasteiger partial charge in [0.05, 0.1) is 11.1 Å². The van der Waals surface area contributed by atoms with Crippen LogP contribution in [0.2, 0.25) is 0 Å². The molecule has 4 nitrogen and oxygen atoms in total. The van der Waals surface area contributed by atoms with Crippen LogP contribution < -0.4 is 4.90 Å². The molecule has 2 aromatic carbocycles. The zero-order valence-electron chi connectivity index (χ0n) is 14.3. The van der Waals surface area contributed by atoms with Gasteiger partial charge in [-0.2, -0.15) is 0 Å². The maximum atomic E-state index is 14.2. The smallest absolute Gasteiger partial charge is 0.165 e. The van der Waals surface area contributed by atoms with E-state index in [2.05, 4.69) is 21.7 Å². The summed E-state index contributed by atoms with van der Waals surface area (Å²) in [6.07, 6.45) is 0. The Balaban J connectivity index is 1.81. The predicted octanol–water partition coefficient (Wildman–Crippen LogP) is 3.58. The van der Waals surface area contributed by atoms with Gasteiger partial charge in [0.1, 0.15) is 11.6 Å². The van der Waals surface area contributed by atoms with Crippen molar-refractivity contribution in [1.82, 2.24) is 14.9 Å². The molecular weight excluding hydrogens is 315 g/mol. The summed E-state index contributed by atoms with van der Waals surface area (Å²) in [6.45, 7) is 7.13. The minimum absolute atomic E-state index is 0.292. The van der Waals surface area contributed by atoms with E-state index in [1.807, 2.05) is 30.3 Å². The zero-order chi connectivity index (χ0) is 17.2. The fourth-order valence-corrected chi connectivity index (χ4v) is 3.34. The molecule has 0 unspecified atom stereocenters. The third-order valence-electron chi connectivity index (χ3n) is 4.82. The first kappa shape index (κ1) is 16.0. The summed E-state index contributed by atoms with van der Waals surface area (Å²) in [5, 5.41) is 1.02. The lowest BCUT2D eigenvalue weighted by atomic mass is 10.1. The molecule has 0 N–H and O–H groups in total. The highest BCUT2D eigenvalue weighted by molar-refractivity contribution is 5.91. The Bertz CT molecular complexity index is 888. The Hall–Kier alpha value is -2.53. The number of hydrogen-bond donors (Lipinski definition) is 0. The number of benzene rings is 2. The van der Waals surface area contributed by atoms with Crippen LogP contribution in [0.3, 0.4) is 0 Å². The number of aromatic nitrogens is 2. The lowest BCUT2D eigenvalue weighted by Gasteiger charge is -2.35. The first-order chi connectivity index (χ1) is 12.3. The fraction of sp³-hybridized carbons (Fsp3) is 0.300. The Morgan fingerprint density at radius 3 is 2.40 bits per heavy atom. The molecule has 0 bridgehead atoms. The first-order valence-corrected chi connectivity index (χ1v) is 8.75. The van der Waals surface area contributed by atoms with Gasteiger partial charge in [-0.25, -0.2) is 14.4 Å². The van der Waals surface area contributed by atoms with Gasteiger partial charge in [-0.1, -0.05) is 31.2 Å². The number of halogens is 1. The highest BCUT2D eigenvalue weighted by atomic mass is 19.1. The van der Waals surface area contributed by atoms with Gasteiger partial charge in [0, 0.05) is 31.6 Å². The molecule has 2 heterocycles. The van der Waals surface area contributed by atoms with Gasteiger partial charge >= 0.3 is 0 Å². The Kier molecular flexibility index (Phi) is 4.32. The van der Waals surface area contributed by atoms with Crippen molar-refractivity contribution >= 4 is 16.7 Å². The highest BCUT2D eigenvalue weighted by Gasteiger charge is 2.20. The van der Waals surface area contributed by atoms with Crippen molar-refractivity contribution in [2.24, 2.45) is 0 Å².